The maximum absolute atomic E-state index is 12.3. The third-order valence-corrected chi connectivity index (χ3v) is 3.52. The standard InChI is InChI=1S/C17H28N2O2.ClH/c1-12(2)15-8-7-13(3)11-16(15)21-14(4)17(20)19(6)10-9-18-5;/h7-8,11-12,14,18H,9-10H2,1-6H3;1H. The number of halogens is 1. The molecule has 1 N–H and O–H groups in total. The first-order valence-electron chi connectivity index (χ1n) is 7.53. The van der Waals surface area contributed by atoms with E-state index in [1.54, 1.807) is 11.9 Å². The molecule has 1 rings (SSSR count). The van der Waals surface area contributed by atoms with E-state index in [1.165, 1.54) is 0 Å². The largest absolute Gasteiger partial charge is 0.481 e. The van der Waals surface area contributed by atoms with Gasteiger partial charge in [-0.1, -0.05) is 26.0 Å². The average molecular weight is 329 g/mol. The minimum Gasteiger partial charge on any atom is -0.481 e. The maximum atomic E-state index is 12.3. The highest BCUT2D eigenvalue weighted by atomic mass is 35.5. The molecule has 0 aliphatic carbocycles. The minimum atomic E-state index is -0.480. The normalized spacial score (nSPS) is 11.8. The second-order valence-electron chi connectivity index (χ2n) is 5.82. The van der Waals surface area contributed by atoms with E-state index in [1.807, 2.05) is 27.0 Å². The first kappa shape index (κ1) is 20.7. The lowest BCUT2D eigenvalue weighted by Gasteiger charge is -2.24. The zero-order valence-corrected chi connectivity index (χ0v) is 15.3. The number of likely N-dealkylation sites (N-methyl/N-ethyl adjacent to an activating group) is 2. The number of rotatable bonds is 7. The number of benzene rings is 1. The molecule has 1 atom stereocenters. The van der Waals surface area contributed by atoms with Crippen molar-refractivity contribution in [2.24, 2.45) is 0 Å². The fourth-order valence-electron chi connectivity index (χ4n) is 2.16. The number of nitrogens with zero attached hydrogens (tertiary/aromatic N) is 1. The summed E-state index contributed by atoms with van der Waals surface area (Å²) in [5, 5.41) is 3.04. The van der Waals surface area contributed by atoms with Gasteiger partial charge in [-0.15, -0.1) is 12.4 Å². The molecule has 0 aliphatic heterocycles. The van der Waals surface area contributed by atoms with Crippen LogP contribution < -0.4 is 10.1 Å². The first-order valence-corrected chi connectivity index (χ1v) is 7.53. The molecule has 0 radical (unpaired) electrons. The van der Waals surface area contributed by atoms with Gasteiger partial charge in [0, 0.05) is 20.1 Å². The second kappa shape index (κ2) is 9.70. The van der Waals surface area contributed by atoms with Crippen molar-refractivity contribution < 1.29 is 9.53 Å². The highest BCUT2D eigenvalue weighted by Gasteiger charge is 2.20. The Morgan fingerprint density at radius 3 is 2.50 bits per heavy atom. The summed E-state index contributed by atoms with van der Waals surface area (Å²) >= 11 is 0. The smallest absolute Gasteiger partial charge is 0.263 e. The van der Waals surface area contributed by atoms with Crippen molar-refractivity contribution in [1.29, 1.82) is 0 Å². The Labute approximate surface area is 140 Å². The molecule has 1 aromatic carbocycles. The Balaban J connectivity index is 0.00000441. The van der Waals surface area contributed by atoms with E-state index in [-0.39, 0.29) is 18.3 Å². The molecule has 0 aromatic heterocycles. The molecule has 0 saturated carbocycles. The molecule has 0 heterocycles. The van der Waals surface area contributed by atoms with E-state index in [9.17, 15) is 4.79 Å². The summed E-state index contributed by atoms with van der Waals surface area (Å²) in [6.45, 7) is 9.55. The van der Waals surface area contributed by atoms with Crippen LogP contribution in [-0.2, 0) is 4.79 Å². The second-order valence-corrected chi connectivity index (χ2v) is 5.82. The van der Waals surface area contributed by atoms with Crippen LogP contribution in [0.2, 0.25) is 0 Å². The third kappa shape index (κ3) is 5.85. The lowest BCUT2D eigenvalue weighted by Crippen LogP contribution is -2.40. The Kier molecular flexibility index (Phi) is 9.14. The summed E-state index contributed by atoms with van der Waals surface area (Å²) in [4.78, 5) is 14.0. The molecule has 22 heavy (non-hydrogen) atoms. The third-order valence-electron chi connectivity index (χ3n) is 3.52. The molecular weight excluding hydrogens is 300 g/mol. The quantitative estimate of drug-likeness (QED) is 0.836. The van der Waals surface area contributed by atoms with Crippen molar-refractivity contribution in [3.05, 3.63) is 29.3 Å². The van der Waals surface area contributed by atoms with Gasteiger partial charge in [-0.25, -0.2) is 0 Å². The van der Waals surface area contributed by atoms with Gasteiger partial charge >= 0.3 is 0 Å². The molecule has 0 fully saturated rings. The predicted octanol–water partition coefficient (Wildman–Crippen LogP) is 2.99. The molecule has 1 unspecified atom stereocenters. The zero-order chi connectivity index (χ0) is 16.0. The van der Waals surface area contributed by atoms with Crippen molar-refractivity contribution in [2.45, 2.75) is 39.7 Å². The molecule has 126 valence electrons. The SMILES string of the molecule is CNCCN(C)C(=O)C(C)Oc1cc(C)ccc1C(C)C.Cl. The van der Waals surface area contributed by atoms with E-state index in [0.29, 0.717) is 12.5 Å². The number of nitrogens with one attached hydrogen (secondary N) is 1. The van der Waals surface area contributed by atoms with Crippen molar-refractivity contribution in [3.8, 4) is 5.75 Å². The monoisotopic (exact) mass is 328 g/mol. The molecule has 0 spiro atoms. The van der Waals surface area contributed by atoms with E-state index in [2.05, 4.69) is 31.3 Å². The lowest BCUT2D eigenvalue weighted by molar-refractivity contribution is -0.136. The number of ether oxygens (including phenoxy) is 1. The molecule has 1 aromatic rings. The van der Waals surface area contributed by atoms with Gasteiger partial charge in [-0.05, 0) is 44.0 Å². The number of carbonyl (C=O) groups is 1. The van der Waals surface area contributed by atoms with Crippen LogP contribution in [0.25, 0.3) is 0 Å². The fraction of sp³-hybridized carbons (Fsp3) is 0.588. The van der Waals surface area contributed by atoms with Crippen molar-refractivity contribution >= 4 is 18.3 Å². The minimum absolute atomic E-state index is 0. The predicted molar refractivity (Wildman–Crippen MR) is 94.2 cm³/mol. The molecule has 0 saturated heterocycles. The van der Waals surface area contributed by atoms with Crippen molar-refractivity contribution in [2.75, 3.05) is 27.2 Å². The number of hydrogen-bond donors (Lipinski definition) is 1. The lowest BCUT2D eigenvalue weighted by atomic mass is 10.0. The summed E-state index contributed by atoms with van der Waals surface area (Å²) in [6, 6.07) is 6.16. The summed E-state index contributed by atoms with van der Waals surface area (Å²) in [6.07, 6.45) is -0.480. The Bertz CT molecular complexity index is 478. The molecule has 1 amide bonds. The molecule has 0 aliphatic rings. The highest BCUT2D eigenvalue weighted by molar-refractivity contribution is 5.85. The van der Waals surface area contributed by atoms with E-state index in [4.69, 9.17) is 4.74 Å². The number of amides is 1. The van der Waals surface area contributed by atoms with E-state index < -0.39 is 6.10 Å². The first-order chi connectivity index (χ1) is 9.86. The Morgan fingerprint density at radius 1 is 1.32 bits per heavy atom. The van der Waals surface area contributed by atoms with E-state index in [0.717, 1.165) is 23.4 Å². The van der Waals surface area contributed by atoms with Crippen LogP contribution >= 0.6 is 12.4 Å². The van der Waals surface area contributed by atoms with Crippen LogP contribution in [-0.4, -0.2) is 44.1 Å². The van der Waals surface area contributed by atoms with Crippen LogP contribution in [0, 0.1) is 6.92 Å². The van der Waals surface area contributed by atoms with Gasteiger partial charge in [0.1, 0.15) is 5.75 Å². The van der Waals surface area contributed by atoms with Gasteiger partial charge in [0.25, 0.3) is 5.91 Å². The van der Waals surface area contributed by atoms with Gasteiger partial charge < -0.3 is 15.0 Å². The summed E-state index contributed by atoms with van der Waals surface area (Å²) in [7, 11) is 3.68. The number of carbonyl (C=O) groups excluding carboxylic acids is 1. The van der Waals surface area contributed by atoms with Crippen molar-refractivity contribution in [3.63, 3.8) is 0 Å². The highest BCUT2D eigenvalue weighted by Crippen LogP contribution is 2.28. The van der Waals surface area contributed by atoms with Gasteiger partial charge in [0.05, 0.1) is 0 Å². The topological polar surface area (TPSA) is 41.6 Å². The van der Waals surface area contributed by atoms with Crippen LogP contribution in [0.5, 0.6) is 5.75 Å². The Morgan fingerprint density at radius 2 is 1.95 bits per heavy atom. The number of aryl methyl sites for hydroxylation is 1. The van der Waals surface area contributed by atoms with Gasteiger partial charge in [-0.3, -0.25) is 4.79 Å². The fourth-order valence-corrected chi connectivity index (χ4v) is 2.16. The van der Waals surface area contributed by atoms with E-state index >= 15 is 0 Å². The summed E-state index contributed by atoms with van der Waals surface area (Å²) in [5.74, 6) is 1.18. The van der Waals surface area contributed by atoms with Crippen LogP contribution in [0.15, 0.2) is 18.2 Å². The van der Waals surface area contributed by atoms with Gasteiger partial charge in [0.2, 0.25) is 0 Å². The Hall–Kier alpha value is -1.26. The average Bonchev–Trinajstić information content (AvgIpc) is 2.43. The molecular formula is C17H29ClN2O2. The summed E-state index contributed by atoms with van der Waals surface area (Å²) in [5.41, 5.74) is 2.27. The van der Waals surface area contributed by atoms with Crippen molar-refractivity contribution in [1.82, 2.24) is 10.2 Å². The van der Waals surface area contributed by atoms with Crippen LogP contribution in [0.3, 0.4) is 0 Å². The zero-order valence-electron chi connectivity index (χ0n) is 14.5. The van der Waals surface area contributed by atoms with Gasteiger partial charge in [-0.2, -0.15) is 0 Å². The summed E-state index contributed by atoms with van der Waals surface area (Å²) < 4.78 is 5.94. The maximum Gasteiger partial charge on any atom is 0.263 e. The molecule has 0 bridgehead atoms. The van der Waals surface area contributed by atoms with Crippen LogP contribution in [0.4, 0.5) is 0 Å². The number of hydrogen-bond acceptors (Lipinski definition) is 3. The molecule has 4 nitrogen and oxygen atoms in total. The van der Waals surface area contributed by atoms with Crippen LogP contribution in [0.1, 0.15) is 37.8 Å². The molecule has 5 heteroatoms. The van der Waals surface area contributed by atoms with Gasteiger partial charge in [0.15, 0.2) is 6.10 Å².